The molecule has 0 aliphatic carbocycles. The smallest absolute Gasteiger partial charge is 0.230 e. The number of rotatable bonds is 4. The van der Waals surface area contributed by atoms with Crippen molar-refractivity contribution in [3.63, 3.8) is 0 Å². The highest BCUT2D eigenvalue weighted by Gasteiger charge is 2.32. The molecule has 112 valence electrons. The highest BCUT2D eigenvalue weighted by atomic mass is 19.1. The zero-order valence-corrected chi connectivity index (χ0v) is 12.7. The summed E-state index contributed by atoms with van der Waals surface area (Å²) in [6.45, 7) is 7.34. The van der Waals surface area contributed by atoms with Gasteiger partial charge in [0.15, 0.2) is 0 Å². The zero-order valence-electron chi connectivity index (χ0n) is 12.7. The molecular formula is C16H19FN2O2. The van der Waals surface area contributed by atoms with Crippen molar-refractivity contribution in [3.8, 4) is 0 Å². The monoisotopic (exact) mass is 290 g/mol. The van der Waals surface area contributed by atoms with E-state index in [1.165, 1.54) is 6.07 Å². The summed E-state index contributed by atoms with van der Waals surface area (Å²) in [6, 6.07) is 6.32. The van der Waals surface area contributed by atoms with Crippen LogP contribution in [0.5, 0.6) is 0 Å². The van der Waals surface area contributed by atoms with Gasteiger partial charge in [-0.05, 0) is 33.8 Å². The van der Waals surface area contributed by atoms with Crippen molar-refractivity contribution in [2.24, 2.45) is 0 Å². The lowest BCUT2D eigenvalue weighted by atomic mass is 9.83. The second kappa shape index (κ2) is 5.68. The van der Waals surface area contributed by atoms with Crippen LogP contribution in [0.25, 0.3) is 0 Å². The Labute approximate surface area is 123 Å². The van der Waals surface area contributed by atoms with E-state index in [1.807, 2.05) is 6.92 Å². The number of carbonyl (C=O) groups is 1. The van der Waals surface area contributed by atoms with Crippen LogP contribution in [0.15, 0.2) is 28.8 Å². The third-order valence-corrected chi connectivity index (χ3v) is 3.72. The van der Waals surface area contributed by atoms with Gasteiger partial charge in [0.05, 0.1) is 11.1 Å². The Bertz CT molecular complexity index is 643. The lowest BCUT2D eigenvalue weighted by molar-refractivity contribution is -0.125. The third kappa shape index (κ3) is 2.96. The predicted octanol–water partition coefficient (Wildman–Crippen LogP) is 3.02. The van der Waals surface area contributed by atoms with Gasteiger partial charge in [0, 0.05) is 17.7 Å². The number of aromatic nitrogens is 1. The Kier molecular flexibility index (Phi) is 4.11. The van der Waals surface area contributed by atoms with Crippen LogP contribution in [0.3, 0.4) is 0 Å². The summed E-state index contributed by atoms with van der Waals surface area (Å²) >= 11 is 0. The molecule has 0 aliphatic heterocycles. The third-order valence-electron chi connectivity index (χ3n) is 3.72. The minimum atomic E-state index is -0.954. The van der Waals surface area contributed by atoms with E-state index in [2.05, 4.69) is 10.5 Å². The first kappa shape index (κ1) is 15.2. The highest BCUT2D eigenvalue weighted by molar-refractivity contribution is 5.87. The largest absolute Gasteiger partial charge is 0.361 e. The fraction of sp³-hybridized carbons (Fsp3) is 0.375. The molecule has 1 aromatic heterocycles. The molecule has 1 heterocycles. The molecule has 21 heavy (non-hydrogen) atoms. The molecule has 0 saturated heterocycles. The summed E-state index contributed by atoms with van der Waals surface area (Å²) in [7, 11) is 0. The number of hydrogen-bond donors (Lipinski definition) is 1. The number of amides is 1. The average Bonchev–Trinajstić information content (AvgIpc) is 2.75. The molecule has 1 amide bonds. The van der Waals surface area contributed by atoms with Gasteiger partial charge < -0.3 is 9.84 Å². The summed E-state index contributed by atoms with van der Waals surface area (Å²) in [5, 5.41) is 6.67. The van der Waals surface area contributed by atoms with E-state index >= 15 is 0 Å². The first-order valence-electron chi connectivity index (χ1n) is 6.79. The van der Waals surface area contributed by atoms with Crippen molar-refractivity contribution in [3.05, 3.63) is 52.7 Å². The normalized spacial score (nSPS) is 11.5. The Balaban J connectivity index is 2.15. The quantitative estimate of drug-likeness (QED) is 0.941. The summed E-state index contributed by atoms with van der Waals surface area (Å²) in [4.78, 5) is 12.4. The van der Waals surface area contributed by atoms with Gasteiger partial charge >= 0.3 is 0 Å². The fourth-order valence-electron chi connectivity index (χ4n) is 2.23. The van der Waals surface area contributed by atoms with Crippen LogP contribution in [0.2, 0.25) is 0 Å². The van der Waals surface area contributed by atoms with Crippen molar-refractivity contribution >= 4 is 5.91 Å². The standard InChI is InChI=1S/C16H19FN2O2/c1-10-12(11(2)21-19-10)9-18-15(20)16(3,4)13-7-5-6-8-14(13)17/h5-8H,9H2,1-4H3,(H,18,20). The van der Waals surface area contributed by atoms with E-state index < -0.39 is 5.41 Å². The van der Waals surface area contributed by atoms with Gasteiger partial charge in [0.25, 0.3) is 0 Å². The molecule has 0 saturated carbocycles. The van der Waals surface area contributed by atoms with Crippen LogP contribution in [0.4, 0.5) is 4.39 Å². The van der Waals surface area contributed by atoms with Crippen molar-refractivity contribution in [1.29, 1.82) is 0 Å². The number of nitrogens with one attached hydrogen (secondary N) is 1. The van der Waals surface area contributed by atoms with Crippen LogP contribution >= 0.6 is 0 Å². The second-order valence-corrected chi connectivity index (χ2v) is 5.59. The van der Waals surface area contributed by atoms with Crippen LogP contribution in [0.1, 0.15) is 36.4 Å². The van der Waals surface area contributed by atoms with Gasteiger partial charge in [-0.15, -0.1) is 0 Å². The molecule has 0 atom stereocenters. The van der Waals surface area contributed by atoms with Crippen LogP contribution in [0, 0.1) is 19.7 Å². The van der Waals surface area contributed by atoms with E-state index in [9.17, 15) is 9.18 Å². The van der Waals surface area contributed by atoms with Crippen molar-refractivity contribution in [1.82, 2.24) is 10.5 Å². The van der Waals surface area contributed by atoms with Crippen LogP contribution in [-0.2, 0) is 16.8 Å². The second-order valence-electron chi connectivity index (χ2n) is 5.59. The average molecular weight is 290 g/mol. The molecule has 2 rings (SSSR count). The van der Waals surface area contributed by atoms with Crippen molar-refractivity contribution in [2.45, 2.75) is 39.7 Å². The SMILES string of the molecule is Cc1noc(C)c1CNC(=O)C(C)(C)c1ccccc1F. The summed E-state index contributed by atoms with van der Waals surface area (Å²) in [6.07, 6.45) is 0. The van der Waals surface area contributed by atoms with Gasteiger partial charge in [0.1, 0.15) is 11.6 Å². The summed E-state index contributed by atoms with van der Waals surface area (Å²) < 4.78 is 18.9. The number of halogens is 1. The molecular weight excluding hydrogens is 271 g/mol. The summed E-state index contributed by atoms with van der Waals surface area (Å²) in [5.41, 5.74) is 1.02. The minimum Gasteiger partial charge on any atom is -0.361 e. The maximum atomic E-state index is 13.9. The van der Waals surface area contributed by atoms with Gasteiger partial charge in [-0.3, -0.25) is 4.79 Å². The molecule has 0 spiro atoms. The highest BCUT2D eigenvalue weighted by Crippen LogP contribution is 2.26. The first-order chi connectivity index (χ1) is 9.84. The molecule has 0 fully saturated rings. The molecule has 0 unspecified atom stereocenters. The minimum absolute atomic E-state index is 0.243. The Hall–Kier alpha value is -2.17. The molecule has 4 nitrogen and oxygen atoms in total. The van der Waals surface area contributed by atoms with E-state index in [0.717, 1.165) is 11.3 Å². The number of nitrogens with zero attached hydrogens (tertiary/aromatic N) is 1. The fourth-order valence-corrected chi connectivity index (χ4v) is 2.23. The molecule has 1 N–H and O–H groups in total. The summed E-state index contributed by atoms with van der Waals surface area (Å²) in [5.74, 6) is 0.0547. The number of carbonyl (C=O) groups excluding carboxylic acids is 1. The van der Waals surface area contributed by atoms with Gasteiger partial charge in [-0.25, -0.2) is 4.39 Å². The molecule has 2 aromatic rings. The van der Waals surface area contributed by atoms with Crippen molar-refractivity contribution in [2.75, 3.05) is 0 Å². The maximum absolute atomic E-state index is 13.9. The topological polar surface area (TPSA) is 55.1 Å². The molecule has 5 heteroatoms. The molecule has 1 aromatic carbocycles. The van der Waals surface area contributed by atoms with E-state index in [-0.39, 0.29) is 11.7 Å². The molecule has 0 radical (unpaired) electrons. The van der Waals surface area contributed by atoms with Gasteiger partial charge in [-0.1, -0.05) is 23.4 Å². The molecule has 0 bridgehead atoms. The lowest BCUT2D eigenvalue weighted by Crippen LogP contribution is -2.40. The number of benzene rings is 1. The number of aryl methyl sites for hydroxylation is 2. The lowest BCUT2D eigenvalue weighted by Gasteiger charge is -2.24. The van der Waals surface area contributed by atoms with Crippen LogP contribution in [-0.4, -0.2) is 11.1 Å². The maximum Gasteiger partial charge on any atom is 0.230 e. The Morgan fingerprint density at radius 1 is 1.33 bits per heavy atom. The Morgan fingerprint density at radius 3 is 2.57 bits per heavy atom. The zero-order chi connectivity index (χ0) is 15.6. The van der Waals surface area contributed by atoms with Crippen molar-refractivity contribution < 1.29 is 13.7 Å². The Morgan fingerprint density at radius 2 is 2.00 bits per heavy atom. The van der Waals surface area contributed by atoms with E-state index in [0.29, 0.717) is 17.9 Å². The van der Waals surface area contributed by atoms with Gasteiger partial charge in [0.2, 0.25) is 5.91 Å². The van der Waals surface area contributed by atoms with Gasteiger partial charge in [-0.2, -0.15) is 0 Å². The predicted molar refractivity (Wildman–Crippen MR) is 77.2 cm³/mol. The van der Waals surface area contributed by atoms with E-state index in [4.69, 9.17) is 4.52 Å². The van der Waals surface area contributed by atoms with Crippen LogP contribution < -0.4 is 5.32 Å². The van der Waals surface area contributed by atoms with E-state index in [1.54, 1.807) is 39.0 Å². The number of hydrogen-bond acceptors (Lipinski definition) is 3. The molecule has 0 aliphatic rings. The first-order valence-corrected chi connectivity index (χ1v) is 6.79.